The van der Waals surface area contributed by atoms with Gasteiger partial charge in [0.05, 0.1) is 4.34 Å². The van der Waals surface area contributed by atoms with Crippen molar-refractivity contribution in [3.8, 4) is 5.75 Å². The van der Waals surface area contributed by atoms with Gasteiger partial charge >= 0.3 is 6.36 Å². The van der Waals surface area contributed by atoms with Gasteiger partial charge in [-0.2, -0.15) is 0 Å². The SMILES string of the molecule is FC(F)(F)Oc1ccccc1CNCCc1ccc(Cl)s1. The van der Waals surface area contributed by atoms with Crippen LogP contribution >= 0.6 is 22.9 Å². The molecule has 0 spiro atoms. The van der Waals surface area contributed by atoms with Crippen LogP contribution in [-0.4, -0.2) is 12.9 Å². The lowest BCUT2D eigenvalue weighted by molar-refractivity contribution is -0.274. The Kier molecular flexibility index (Phi) is 5.50. The summed E-state index contributed by atoms with van der Waals surface area (Å²) in [6, 6.07) is 9.88. The highest BCUT2D eigenvalue weighted by Gasteiger charge is 2.31. The Morgan fingerprint density at radius 1 is 1.14 bits per heavy atom. The first-order valence-corrected chi connectivity index (χ1v) is 7.42. The molecule has 1 aromatic carbocycles. The van der Waals surface area contributed by atoms with Crippen molar-refractivity contribution in [2.24, 2.45) is 0 Å². The molecular formula is C14H13ClF3NOS. The summed E-state index contributed by atoms with van der Waals surface area (Å²) in [5.74, 6) is -0.170. The van der Waals surface area contributed by atoms with Crippen molar-refractivity contribution in [2.45, 2.75) is 19.3 Å². The van der Waals surface area contributed by atoms with Crippen molar-refractivity contribution >= 4 is 22.9 Å². The number of para-hydroxylation sites is 1. The highest BCUT2D eigenvalue weighted by Crippen LogP contribution is 2.26. The number of hydrogen-bond donors (Lipinski definition) is 1. The van der Waals surface area contributed by atoms with E-state index < -0.39 is 6.36 Å². The second-order valence-electron chi connectivity index (χ2n) is 4.29. The number of nitrogens with one attached hydrogen (secondary N) is 1. The summed E-state index contributed by atoms with van der Waals surface area (Å²) in [7, 11) is 0. The number of halogens is 4. The zero-order valence-electron chi connectivity index (χ0n) is 10.9. The van der Waals surface area contributed by atoms with Crippen molar-refractivity contribution in [1.29, 1.82) is 0 Å². The molecule has 0 aliphatic heterocycles. The van der Waals surface area contributed by atoms with Gasteiger partial charge in [-0.15, -0.1) is 24.5 Å². The van der Waals surface area contributed by atoms with Crippen LogP contribution in [0.4, 0.5) is 13.2 Å². The van der Waals surface area contributed by atoms with Gasteiger partial charge in [-0.3, -0.25) is 0 Å². The molecule has 7 heteroatoms. The molecule has 0 aliphatic carbocycles. The Balaban J connectivity index is 1.85. The van der Waals surface area contributed by atoms with Crippen LogP contribution in [0.2, 0.25) is 4.34 Å². The van der Waals surface area contributed by atoms with Gasteiger partial charge in [0.2, 0.25) is 0 Å². The topological polar surface area (TPSA) is 21.3 Å². The van der Waals surface area contributed by atoms with Crippen molar-refractivity contribution < 1.29 is 17.9 Å². The summed E-state index contributed by atoms with van der Waals surface area (Å²) >= 11 is 7.32. The summed E-state index contributed by atoms with van der Waals surface area (Å²) in [6.45, 7) is 0.961. The Morgan fingerprint density at radius 3 is 2.57 bits per heavy atom. The van der Waals surface area contributed by atoms with E-state index in [-0.39, 0.29) is 5.75 Å². The lowest BCUT2D eigenvalue weighted by Crippen LogP contribution is -2.21. The van der Waals surface area contributed by atoms with E-state index in [1.807, 2.05) is 12.1 Å². The van der Waals surface area contributed by atoms with Gasteiger partial charge in [-0.1, -0.05) is 29.8 Å². The molecule has 2 nitrogen and oxygen atoms in total. The van der Waals surface area contributed by atoms with Crippen LogP contribution in [0.5, 0.6) is 5.75 Å². The smallest absolute Gasteiger partial charge is 0.405 e. The zero-order valence-corrected chi connectivity index (χ0v) is 12.5. The molecule has 114 valence electrons. The molecule has 0 atom stereocenters. The fraction of sp³-hybridized carbons (Fsp3) is 0.286. The fourth-order valence-corrected chi connectivity index (χ4v) is 2.88. The Hall–Kier alpha value is -1.24. The van der Waals surface area contributed by atoms with Crippen LogP contribution in [0.15, 0.2) is 36.4 Å². The molecule has 0 radical (unpaired) electrons. The van der Waals surface area contributed by atoms with Crippen LogP contribution in [0.3, 0.4) is 0 Å². The molecule has 0 saturated carbocycles. The van der Waals surface area contributed by atoms with Crippen LogP contribution in [-0.2, 0) is 13.0 Å². The van der Waals surface area contributed by atoms with E-state index >= 15 is 0 Å². The van der Waals surface area contributed by atoms with Gasteiger partial charge < -0.3 is 10.1 Å². The van der Waals surface area contributed by atoms with Crippen LogP contribution in [0.25, 0.3) is 0 Å². The molecule has 0 aliphatic rings. The minimum absolute atomic E-state index is 0.170. The Labute approximate surface area is 129 Å². The van der Waals surface area contributed by atoms with Crippen molar-refractivity contribution in [2.75, 3.05) is 6.54 Å². The number of benzene rings is 1. The molecule has 0 unspecified atom stereocenters. The predicted octanol–water partition coefficient (Wildman–Crippen LogP) is 4.63. The first-order valence-electron chi connectivity index (χ1n) is 6.22. The molecule has 0 saturated heterocycles. The maximum atomic E-state index is 12.3. The number of rotatable bonds is 6. The summed E-state index contributed by atoms with van der Waals surface area (Å²) < 4.78 is 41.6. The number of thiophene rings is 1. The molecule has 0 fully saturated rings. The third-order valence-electron chi connectivity index (χ3n) is 2.69. The average Bonchev–Trinajstić information content (AvgIpc) is 2.80. The largest absolute Gasteiger partial charge is 0.573 e. The first-order chi connectivity index (χ1) is 9.94. The van der Waals surface area contributed by atoms with E-state index in [4.69, 9.17) is 11.6 Å². The highest BCUT2D eigenvalue weighted by atomic mass is 35.5. The molecule has 2 rings (SSSR count). The maximum absolute atomic E-state index is 12.3. The number of ether oxygens (including phenoxy) is 1. The van der Waals surface area contributed by atoms with Gasteiger partial charge in [0.1, 0.15) is 5.75 Å². The molecule has 2 aromatic rings. The standard InChI is InChI=1S/C14H13ClF3NOS/c15-13-6-5-11(21-13)7-8-19-9-10-3-1-2-4-12(10)20-14(16,17)18/h1-6,19H,7-9H2. The predicted molar refractivity (Wildman–Crippen MR) is 77.9 cm³/mol. The molecule has 1 N–H and O–H groups in total. The van der Waals surface area contributed by atoms with Crippen molar-refractivity contribution in [1.82, 2.24) is 5.32 Å². The fourth-order valence-electron chi connectivity index (χ4n) is 1.79. The van der Waals surface area contributed by atoms with Gasteiger partial charge in [0.15, 0.2) is 0 Å². The van der Waals surface area contributed by atoms with Crippen molar-refractivity contribution in [3.63, 3.8) is 0 Å². The van der Waals surface area contributed by atoms with Crippen LogP contribution in [0.1, 0.15) is 10.4 Å². The molecule has 1 aromatic heterocycles. The monoisotopic (exact) mass is 335 g/mol. The quantitative estimate of drug-likeness (QED) is 0.777. The van der Waals surface area contributed by atoms with E-state index in [9.17, 15) is 13.2 Å². The third-order valence-corrected chi connectivity index (χ3v) is 3.98. The lowest BCUT2D eigenvalue weighted by atomic mass is 10.2. The summed E-state index contributed by atoms with van der Waals surface area (Å²) in [5, 5.41) is 3.10. The Bertz CT molecular complexity index is 586. The number of alkyl halides is 3. The molecule has 1 heterocycles. The normalized spacial score (nSPS) is 11.6. The third kappa shape index (κ3) is 5.57. The minimum atomic E-state index is -4.68. The second kappa shape index (κ2) is 7.15. The van der Waals surface area contributed by atoms with Crippen LogP contribution in [0, 0.1) is 0 Å². The van der Waals surface area contributed by atoms with E-state index in [1.165, 1.54) is 23.5 Å². The average molecular weight is 336 g/mol. The Morgan fingerprint density at radius 2 is 1.90 bits per heavy atom. The van der Waals surface area contributed by atoms with Crippen molar-refractivity contribution in [3.05, 3.63) is 51.2 Å². The number of hydrogen-bond acceptors (Lipinski definition) is 3. The molecule has 21 heavy (non-hydrogen) atoms. The van der Waals surface area contributed by atoms with Gasteiger partial charge in [-0.25, -0.2) is 0 Å². The minimum Gasteiger partial charge on any atom is -0.405 e. The van der Waals surface area contributed by atoms with E-state index in [0.717, 1.165) is 15.6 Å². The highest BCUT2D eigenvalue weighted by molar-refractivity contribution is 7.16. The molecule has 0 bridgehead atoms. The molecule has 0 amide bonds. The first kappa shape index (κ1) is 16.1. The summed E-state index contributed by atoms with van der Waals surface area (Å²) in [5.41, 5.74) is 0.471. The van der Waals surface area contributed by atoms with Gasteiger partial charge in [-0.05, 0) is 24.6 Å². The van der Waals surface area contributed by atoms with Gasteiger partial charge in [0.25, 0.3) is 0 Å². The molecular weight excluding hydrogens is 323 g/mol. The lowest BCUT2D eigenvalue weighted by Gasteiger charge is -2.13. The second-order valence-corrected chi connectivity index (χ2v) is 6.09. The zero-order chi connectivity index (χ0) is 15.3. The van der Waals surface area contributed by atoms with Gasteiger partial charge in [0, 0.05) is 23.5 Å². The maximum Gasteiger partial charge on any atom is 0.573 e. The van der Waals surface area contributed by atoms with Crippen LogP contribution < -0.4 is 10.1 Å². The van der Waals surface area contributed by atoms with E-state index in [0.29, 0.717) is 18.7 Å². The summed E-state index contributed by atoms with van der Waals surface area (Å²) in [4.78, 5) is 1.13. The summed E-state index contributed by atoms with van der Waals surface area (Å²) in [6.07, 6.45) is -3.90. The van der Waals surface area contributed by atoms with E-state index in [2.05, 4.69) is 10.1 Å². The van der Waals surface area contributed by atoms with E-state index in [1.54, 1.807) is 12.1 Å².